The van der Waals surface area contributed by atoms with Gasteiger partial charge in [0.2, 0.25) is 0 Å². The van der Waals surface area contributed by atoms with E-state index in [2.05, 4.69) is 0 Å². The maximum absolute atomic E-state index is 11.0. The van der Waals surface area contributed by atoms with E-state index in [0.29, 0.717) is 6.61 Å². The van der Waals surface area contributed by atoms with E-state index in [-0.39, 0.29) is 5.97 Å². The Bertz CT molecular complexity index is 612. The molecular formula is C16H12O3. The average molecular weight is 252 g/mol. The number of carbonyl (C=O) groups is 1. The molecule has 0 bridgehead atoms. The van der Waals surface area contributed by atoms with Crippen molar-refractivity contribution in [2.24, 2.45) is 0 Å². The molecule has 2 aromatic rings. The molecule has 3 heteroatoms. The Morgan fingerprint density at radius 3 is 2.21 bits per heavy atom. The molecule has 19 heavy (non-hydrogen) atoms. The number of esters is 1. The summed E-state index contributed by atoms with van der Waals surface area (Å²) in [5, 5.41) is 0. The monoisotopic (exact) mass is 252 g/mol. The van der Waals surface area contributed by atoms with Crippen molar-refractivity contribution in [2.45, 2.75) is 0 Å². The fraction of sp³-hybridized carbons (Fsp3) is 0.0625. The van der Waals surface area contributed by atoms with Gasteiger partial charge in [0.15, 0.2) is 0 Å². The van der Waals surface area contributed by atoms with Gasteiger partial charge >= 0.3 is 5.97 Å². The Kier molecular flexibility index (Phi) is 3.02. The van der Waals surface area contributed by atoms with Gasteiger partial charge in [-0.1, -0.05) is 30.3 Å². The second kappa shape index (κ2) is 4.98. The van der Waals surface area contributed by atoms with Crippen molar-refractivity contribution in [3.05, 3.63) is 66.2 Å². The summed E-state index contributed by atoms with van der Waals surface area (Å²) in [5.41, 5.74) is 1.88. The second-order valence-corrected chi connectivity index (χ2v) is 4.22. The number of ether oxygens (including phenoxy) is 2. The van der Waals surface area contributed by atoms with Gasteiger partial charge in [-0.2, -0.15) is 0 Å². The van der Waals surface area contributed by atoms with E-state index < -0.39 is 0 Å². The zero-order valence-electron chi connectivity index (χ0n) is 10.2. The summed E-state index contributed by atoms with van der Waals surface area (Å²) in [5.74, 6) is 1.29. The minimum absolute atomic E-state index is 0.278. The molecule has 0 N–H and O–H groups in total. The number of para-hydroxylation sites is 1. The number of carbonyl (C=O) groups excluding carboxylic acids is 1. The smallest absolute Gasteiger partial charge is 0.331 e. The summed E-state index contributed by atoms with van der Waals surface area (Å²) in [6.07, 6.45) is 1.52. The Balaban J connectivity index is 1.76. The highest BCUT2D eigenvalue weighted by Crippen LogP contribution is 2.25. The molecule has 0 fully saturated rings. The first kappa shape index (κ1) is 11.5. The van der Waals surface area contributed by atoms with E-state index in [1.807, 2.05) is 54.6 Å². The molecule has 1 aliphatic heterocycles. The number of hydrogen-bond donors (Lipinski definition) is 0. The molecule has 0 aromatic heterocycles. The van der Waals surface area contributed by atoms with Crippen LogP contribution in [-0.4, -0.2) is 12.6 Å². The standard InChI is InChI=1S/C16H12O3/c17-16-10-13(11-18-16)12-6-8-15(9-7-12)19-14-4-2-1-3-5-14/h1-10H,11H2. The SMILES string of the molecule is O=C1C=C(c2ccc(Oc3ccccc3)cc2)CO1. The van der Waals surface area contributed by atoms with E-state index in [1.165, 1.54) is 6.08 Å². The van der Waals surface area contributed by atoms with E-state index in [9.17, 15) is 4.79 Å². The molecular weight excluding hydrogens is 240 g/mol. The number of hydrogen-bond acceptors (Lipinski definition) is 3. The van der Waals surface area contributed by atoms with Crippen molar-refractivity contribution in [2.75, 3.05) is 6.61 Å². The topological polar surface area (TPSA) is 35.5 Å². The van der Waals surface area contributed by atoms with E-state index in [4.69, 9.17) is 9.47 Å². The molecule has 0 amide bonds. The maximum atomic E-state index is 11.0. The van der Waals surface area contributed by atoms with Crippen molar-refractivity contribution in [1.29, 1.82) is 0 Å². The zero-order chi connectivity index (χ0) is 13.1. The van der Waals surface area contributed by atoms with E-state index in [0.717, 1.165) is 22.6 Å². The van der Waals surface area contributed by atoms with Crippen LogP contribution < -0.4 is 4.74 Å². The van der Waals surface area contributed by atoms with Gasteiger partial charge in [-0.3, -0.25) is 0 Å². The summed E-state index contributed by atoms with van der Waals surface area (Å²) >= 11 is 0. The van der Waals surface area contributed by atoms with Gasteiger partial charge in [-0.25, -0.2) is 4.79 Å². The van der Waals surface area contributed by atoms with Crippen LogP contribution in [0.3, 0.4) is 0 Å². The predicted octanol–water partition coefficient (Wildman–Crippen LogP) is 3.42. The number of rotatable bonds is 3. The Hall–Kier alpha value is -2.55. The van der Waals surface area contributed by atoms with E-state index >= 15 is 0 Å². The highest BCUT2D eigenvalue weighted by atomic mass is 16.5. The largest absolute Gasteiger partial charge is 0.458 e. The van der Waals surface area contributed by atoms with Gasteiger partial charge in [0.1, 0.15) is 18.1 Å². The molecule has 0 radical (unpaired) electrons. The predicted molar refractivity (Wildman–Crippen MR) is 71.9 cm³/mol. The van der Waals surface area contributed by atoms with E-state index in [1.54, 1.807) is 0 Å². The third-order valence-corrected chi connectivity index (χ3v) is 2.87. The third kappa shape index (κ3) is 2.65. The average Bonchev–Trinajstić information content (AvgIpc) is 2.87. The van der Waals surface area contributed by atoms with Crippen LogP contribution in [0.15, 0.2) is 60.7 Å². The molecule has 94 valence electrons. The van der Waals surface area contributed by atoms with Crippen LogP contribution in [0.25, 0.3) is 5.57 Å². The molecule has 0 spiro atoms. The molecule has 1 aliphatic rings. The Morgan fingerprint density at radius 1 is 0.895 bits per heavy atom. The summed E-state index contributed by atoms with van der Waals surface area (Å²) in [6, 6.07) is 17.2. The molecule has 3 nitrogen and oxygen atoms in total. The molecule has 1 heterocycles. The molecule has 0 saturated heterocycles. The lowest BCUT2D eigenvalue weighted by Gasteiger charge is -2.06. The first-order valence-electron chi connectivity index (χ1n) is 6.02. The lowest BCUT2D eigenvalue weighted by Crippen LogP contribution is -1.91. The van der Waals surface area contributed by atoms with Crippen LogP contribution in [-0.2, 0) is 9.53 Å². The number of benzene rings is 2. The summed E-state index contributed by atoms with van der Waals surface area (Å²) in [6.45, 7) is 0.345. The molecule has 2 aromatic carbocycles. The molecule has 3 rings (SSSR count). The van der Waals surface area contributed by atoms with Gasteiger partial charge in [-0.05, 0) is 29.8 Å². The molecule has 0 unspecified atom stereocenters. The van der Waals surface area contributed by atoms with Crippen molar-refractivity contribution < 1.29 is 14.3 Å². The van der Waals surface area contributed by atoms with Crippen molar-refractivity contribution >= 4 is 11.5 Å². The van der Waals surface area contributed by atoms with Crippen LogP contribution >= 0.6 is 0 Å². The Morgan fingerprint density at radius 2 is 1.58 bits per heavy atom. The highest BCUT2D eigenvalue weighted by molar-refractivity contribution is 5.95. The summed E-state index contributed by atoms with van der Waals surface area (Å²) in [7, 11) is 0. The molecule has 0 saturated carbocycles. The van der Waals surface area contributed by atoms with Crippen LogP contribution in [0.1, 0.15) is 5.56 Å². The quantitative estimate of drug-likeness (QED) is 0.785. The van der Waals surface area contributed by atoms with Gasteiger partial charge in [0.25, 0.3) is 0 Å². The van der Waals surface area contributed by atoms with Crippen LogP contribution in [0.5, 0.6) is 11.5 Å². The normalized spacial score (nSPS) is 13.9. The highest BCUT2D eigenvalue weighted by Gasteiger charge is 2.14. The fourth-order valence-electron chi connectivity index (χ4n) is 1.90. The van der Waals surface area contributed by atoms with Gasteiger partial charge < -0.3 is 9.47 Å². The first-order valence-corrected chi connectivity index (χ1v) is 6.02. The zero-order valence-corrected chi connectivity index (χ0v) is 10.2. The van der Waals surface area contributed by atoms with Crippen LogP contribution in [0, 0.1) is 0 Å². The summed E-state index contributed by atoms with van der Waals surface area (Å²) in [4.78, 5) is 11.0. The summed E-state index contributed by atoms with van der Waals surface area (Å²) < 4.78 is 10.6. The number of cyclic esters (lactones) is 1. The van der Waals surface area contributed by atoms with Gasteiger partial charge in [0, 0.05) is 11.6 Å². The Labute approximate surface area is 111 Å². The lowest BCUT2D eigenvalue weighted by molar-refractivity contribution is -0.134. The van der Waals surface area contributed by atoms with Gasteiger partial charge in [-0.15, -0.1) is 0 Å². The van der Waals surface area contributed by atoms with Gasteiger partial charge in [0.05, 0.1) is 0 Å². The lowest BCUT2D eigenvalue weighted by atomic mass is 10.1. The fourth-order valence-corrected chi connectivity index (χ4v) is 1.90. The minimum Gasteiger partial charge on any atom is -0.458 e. The van der Waals surface area contributed by atoms with Crippen molar-refractivity contribution in [1.82, 2.24) is 0 Å². The maximum Gasteiger partial charge on any atom is 0.331 e. The van der Waals surface area contributed by atoms with Crippen molar-refractivity contribution in [3.8, 4) is 11.5 Å². The van der Waals surface area contributed by atoms with Crippen LogP contribution in [0.4, 0.5) is 0 Å². The second-order valence-electron chi connectivity index (χ2n) is 4.22. The molecule has 0 aliphatic carbocycles. The minimum atomic E-state index is -0.278. The first-order chi connectivity index (χ1) is 9.31. The van der Waals surface area contributed by atoms with Crippen molar-refractivity contribution in [3.63, 3.8) is 0 Å². The van der Waals surface area contributed by atoms with Crippen LogP contribution in [0.2, 0.25) is 0 Å². The molecule has 0 atom stereocenters. The third-order valence-electron chi connectivity index (χ3n) is 2.87.